The lowest BCUT2D eigenvalue weighted by atomic mass is 10.3. The van der Waals surface area contributed by atoms with E-state index in [2.05, 4.69) is 10.2 Å². The van der Waals surface area contributed by atoms with E-state index in [1.165, 1.54) is 0 Å². The van der Waals surface area contributed by atoms with E-state index in [9.17, 15) is 4.79 Å². The first kappa shape index (κ1) is 13.4. The summed E-state index contributed by atoms with van der Waals surface area (Å²) in [6.07, 6.45) is 0. The molecule has 19 heavy (non-hydrogen) atoms. The number of anilines is 1. The fourth-order valence-corrected chi connectivity index (χ4v) is 1.74. The van der Waals surface area contributed by atoms with E-state index in [0.29, 0.717) is 16.8 Å². The highest BCUT2D eigenvalue weighted by atomic mass is 35.5. The molecule has 0 bridgehead atoms. The second-order valence-corrected chi connectivity index (χ2v) is 4.38. The summed E-state index contributed by atoms with van der Waals surface area (Å²) in [4.78, 5) is 12.5. The number of nitrogens with zero attached hydrogens (tertiary/aromatic N) is 3. The second-order valence-electron chi connectivity index (χ2n) is 3.94. The maximum absolute atomic E-state index is 10.9. The van der Waals surface area contributed by atoms with E-state index in [1.54, 1.807) is 36.1 Å². The molecular weight excluding hydrogens is 270 g/mol. The average molecular weight is 282 g/mol. The Morgan fingerprint density at radius 3 is 2.58 bits per heavy atom. The Morgan fingerprint density at radius 1 is 1.37 bits per heavy atom. The lowest BCUT2D eigenvalue weighted by molar-refractivity contribution is -0.135. The van der Waals surface area contributed by atoms with Crippen molar-refractivity contribution in [2.24, 2.45) is 0 Å². The van der Waals surface area contributed by atoms with Crippen LogP contribution in [0.4, 0.5) is 5.69 Å². The van der Waals surface area contributed by atoms with Gasteiger partial charge >= 0.3 is 5.97 Å². The molecule has 0 saturated carbocycles. The van der Waals surface area contributed by atoms with E-state index in [-0.39, 0.29) is 13.1 Å². The minimum atomic E-state index is -0.939. The van der Waals surface area contributed by atoms with Crippen LogP contribution in [0, 0.1) is 6.92 Å². The third-order valence-electron chi connectivity index (χ3n) is 2.41. The van der Waals surface area contributed by atoms with E-state index < -0.39 is 5.97 Å². The summed E-state index contributed by atoms with van der Waals surface area (Å²) in [5.41, 5.74) is 0.725. The molecule has 2 rings (SSSR count). The molecule has 2 aromatic rings. The molecule has 0 fully saturated rings. The van der Waals surface area contributed by atoms with Crippen LogP contribution in [-0.4, -0.2) is 27.8 Å². The molecule has 0 aliphatic carbocycles. The number of hydrogen-bond acceptors (Lipinski definition) is 5. The van der Waals surface area contributed by atoms with Crippen LogP contribution in [0.2, 0.25) is 5.02 Å². The van der Waals surface area contributed by atoms with Gasteiger partial charge in [0.1, 0.15) is 6.54 Å². The summed E-state index contributed by atoms with van der Waals surface area (Å²) < 4.78 is 5.26. The molecule has 0 radical (unpaired) electrons. The van der Waals surface area contributed by atoms with E-state index in [1.807, 2.05) is 0 Å². The Balaban J connectivity index is 2.20. The predicted octanol–water partition coefficient (Wildman–Crippen LogP) is 2.12. The molecule has 0 atom stereocenters. The van der Waals surface area contributed by atoms with Crippen molar-refractivity contribution in [1.29, 1.82) is 0 Å². The van der Waals surface area contributed by atoms with Gasteiger partial charge < -0.3 is 14.4 Å². The normalized spacial score (nSPS) is 10.4. The molecule has 0 aliphatic rings. The zero-order valence-electron chi connectivity index (χ0n) is 10.2. The number of benzene rings is 1. The van der Waals surface area contributed by atoms with Crippen LogP contribution >= 0.6 is 11.6 Å². The first-order valence-electron chi connectivity index (χ1n) is 5.56. The minimum absolute atomic E-state index is 0.164. The van der Waals surface area contributed by atoms with Crippen molar-refractivity contribution in [3.63, 3.8) is 0 Å². The molecule has 0 amide bonds. The number of hydrogen-bond donors (Lipinski definition) is 1. The Kier molecular flexibility index (Phi) is 4.01. The fraction of sp³-hybridized carbons (Fsp3) is 0.250. The van der Waals surface area contributed by atoms with Gasteiger partial charge in [-0.25, -0.2) is 0 Å². The van der Waals surface area contributed by atoms with Crippen molar-refractivity contribution >= 4 is 23.3 Å². The summed E-state index contributed by atoms with van der Waals surface area (Å²) in [5, 5.41) is 17.1. The minimum Gasteiger partial charge on any atom is -0.480 e. The molecule has 7 heteroatoms. The number of carboxylic acid groups (broad SMARTS) is 1. The van der Waals surface area contributed by atoms with E-state index in [0.717, 1.165) is 5.69 Å². The molecular formula is C12H12ClN3O3. The monoisotopic (exact) mass is 281 g/mol. The summed E-state index contributed by atoms with van der Waals surface area (Å²) >= 11 is 5.81. The molecule has 0 unspecified atom stereocenters. The molecule has 1 aromatic carbocycles. The molecule has 0 spiro atoms. The average Bonchev–Trinajstić information content (AvgIpc) is 2.74. The molecule has 1 heterocycles. The number of carboxylic acids is 1. The molecule has 0 aliphatic heterocycles. The molecule has 0 saturated heterocycles. The third-order valence-corrected chi connectivity index (χ3v) is 2.66. The van der Waals surface area contributed by atoms with Crippen LogP contribution in [0.3, 0.4) is 0 Å². The van der Waals surface area contributed by atoms with Gasteiger partial charge in [0, 0.05) is 17.6 Å². The van der Waals surface area contributed by atoms with Crippen molar-refractivity contribution in [3.8, 4) is 0 Å². The fourth-order valence-electron chi connectivity index (χ4n) is 1.62. The zero-order valence-corrected chi connectivity index (χ0v) is 11.0. The highest BCUT2D eigenvalue weighted by Crippen LogP contribution is 2.19. The maximum Gasteiger partial charge on any atom is 0.323 e. The number of carbonyl (C=O) groups is 1. The van der Waals surface area contributed by atoms with Crippen LogP contribution in [0.15, 0.2) is 28.7 Å². The molecule has 100 valence electrons. The topological polar surface area (TPSA) is 79.5 Å². The Morgan fingerprint density at radius 2 is 2.05 bits per heavy atom. The quantitative estimate of drug-likeness (QED) is 0.904. The molecule has 6 nitrogen and oxygen atoms in total. The van der Waals surface area contributed by atoms with Crippen molar-refractivity contribution in [1.82, 2.24) is 10.2 Å². The Hall–Kier alpha value is -2.08. The summed E-state index contributed by atoms with van der Waals surface area (Å²) in [5.74, 6) is -0.124. The van der Waals surface area contributed by atoms with Crippen LogP contribution in [0.5, 0.6) is 0 Å². The van der Waals surface area contributed by atoms with Crippen LogP contribution in [-0.2, 0) is 11.3 Å². The molecule has 1 aromatic heterocycles. The number of aryl methyl sites for hydroxylation is 1. The van der Waals surface area contributed by atoms with Crippen molar-refractivity contribution in [2.45, 2.75) is 13.5 Å². The van der Waals surface area contributed by atoms with Gasteiger partial charge in [0.15, 0.2) is 0 Å². The van der Waals surface area contributed by atoms with Gasteiger partial charge in [0.2, 0.25) is 11.8 Å². The number of aromatic nitrogens is 2. The SMILES string of the molecule is Cc1nnc(CN(CC(=O)O)c2ccc(Cl)cc2)o1. The van der Waals surface area contributed by atoms with Crippen LogP contribution in [0.25, 0.3) is 0 Å². The van der Waals surface area contributed by atoms with Gasteiger partial charge in [-0.1, -0.05) is 11.6 Å². The smallest absolute Gasteiger partial charge is 0.323 e. The largest absolute Gasteiger partial charge is 0.480 e. The van der Waals surface area contributed by atoms with Crippen LogP contribution in [0.1, 0.15) is 11.8 Å². The lowest BCUT2D eigenvalue weighted by Crippen LogP contribution is -2.29. The maximum atomic E-state index is 10.9. The van der Waals surface area contributed by atoms with Crippen molar-refractivity contribution < 1.29 is 14.3 Å². The number of aliphatic carboxylic acids is 1. The van der Waals surface area contributed by atoms with Crippen molar-refractivity contribution in [3.05, 3.63) is 41.1 Å². The summed E-state index contributed by atoms with van der Waals surface area (Å²) in [6, 6.07) is 6.89. The lowest BCUT2D eigenvalue weighted by Gasteiger charge is -2.20. The second kappa shape index (κ2) is 5.71. The highest BCUT2D eigenvalue weighted by molar-refractivity contribution is 6.30. The highest BCUT2D eigenvalue weighted by Gasteiger charge is 2.14. The Labute approximate surface area is 114 Å². The van der Waals surface area contributed by atoms with Crippen molar-refractivity contribution in [2.75, 3.05) is 11.4 Å². The summed E-state index contributed by atoms with van der Waals surface area (Å²) in [7, 11) is 0. The summed E-state index contributed by atoms with van der Waals surface area (Å²) in [6.45, 7) is 1.75. The van der Waals surface area contributed by atoms with Gasteiger partial charge in [-0.3, -0.25) is 4.79 Å². The third kappa shape index (κ3) is 3.69. The van der Waals surface area contributed by atoms with Gasteiger partial charge in [-0.15, -0.1) is 10.2 Å². The number of rotatable bonds is 5. The van der Waals surface area contributed by atoms with Crippen LogP contribution < -0.4 is 4.90 Å². The molecule has 1 N–H and O–H groups in total. The standard InChI is InChI=1S/C12H12ClN3O3/c1-8-14-15-11(19-8)6-16(7-12(17)18)10-4-2-9(13)3-5-10/h2-5H,6-7H2,1H3,(H,17,18). The van der Waals surface area contributed by atoms with Gasteiger partial charge in [-0.2, -0.15) is 0 Å². The first-order valence-corrected chi connectivity index (χ1v) is 5.93. The Bertz CT molecular complexity index is 568. The van der Waals surface area contributed by atoms with E-state index >= 15 is 0 Å². The zero-order chi connectivity index (χ0) is 13.8. The van der Waals surface area contributed by atoms with Gasteiger partial charge in [0.25, 0.3) is 0 Å². The number of halogens is 1. The van der Waals surface area contributed by atoms with Gasteiger partial charge in [0.05, 0.1) is 6.54 Å². The predicted molar refractivity (Wildman–Crippen MR) is 69.2 cm³/mol. The first-order chi connectivity index (χ1) is 9.04. The van der Waals surface area contributed by atoms with E-state index in [4.69, 9.17) is 21.1 Å². The van der Waals surface area contributed by atoms with Gasteiger partial charge in [-0.05, 0) is 24.3 Å².